The Balaban J connectivity index is 2.35. The van der Waals surface area contributed by atoms with E-state index in [0.29, 0.717) is 6.42 Å². The van der Waals surface area contributed by atoms with Gasteiger partial charge in [0.15, 0.2) is 0 Å². The van der Waals surface area contributed by atoms with Crippen molar-refractivity contribution < 1.29 is 14.6 Å². The third kappa shape index (κ3) is 2.69. The van der Waals surface area contributed by atoms with Gasteiger partial charge in [0.25, 0.3) is 0 Å². The lowest BCUT2D eigenvalue weighted by Gasteiger charge is -2.18. The second kappa shape index (κ2) is 4.57. The molecule has 0 fully saturated rings. The van der Waals surface area contributed by atoms with Gasteiger partial charge in [0.1, 0.15) is 11.4 Å². The van der Waals surface area contributed by atoms with Crippen LogP contribution in [-0.4, -0.2) is 16.7 Å². The molecule has 0 radical (unpaired) electrons. The van der Waals surface area contributed by atoms with Gasteiger partial charge in [-0.25, -0.2) is 0 Å². The minimum atomic E-state index is -0.777. The monoisotopic (exact) mass is 312 g/mol. The van der Waals surface area contributed by atoms with Gasteiger partial charge in [-0.1, -0.05) is 22.9 Å². The van der Waals surface area contributed by atoms with Crippen molar-refractivity contribution in [1.82, 2.24) is 0 Å². The van der Waals surface area contributed by atoms with Crippen LogP contribution in [0.25, 0.3) is 0 Å². The van der Waals surface area contributed by atoms with Crippen LogP contribution in [-0.2, 0) is 17.6 Å². The number of halogens is 1. The van der Waals surface area contributed by atoms with E-state index in [1.807, 2.05) is 19.9 Å². The first kappa shape index (κ1) is 13.4. The Morgan fingerprint density at radius 1 is 1.56 bits per heavy atom. The first-order chi connectivity index (χ1) is 8.28. The number of carboxylic acids is 1. The second-order valence-corrected chi connectivity index (χ2v) is 6.45. The highest BCUT2D eigenvalue weighted by Crippen LogP contribution is 2.40. The normalized spacial score (nSPS) is 18.0. The summed E-state index contributed by atoms with van der Waals surface area (Å²) in [6.07, 6.45) is 1.35. The van der Waals surface area contributed by atoms with Crippen LogP contribution >= 0.6 is 15.9 Å². The van der Waals surface area contributed by atoms with E-state index in [1.165, 1.54) is 0 Å². The molecule has 1 unspecified atom stereocenters. The molecule has 0 spiro atoms. The molecule has 0 aromatic heterocycles. The molecule has 1 atom stereocenters. The topological polar surface area (TPSA) is 46.5 Å². The highest BCUT2D eigenvalue weighted by Gasteiger charge is 2.32. The van der Waals surface area contributed by atoms with Gasteiger partial charge in [-0.2, -0.15) is 0 Å². The molecule has 1 aromatic rings. The van der Waals surface area contributed by atoms with Gasteiger partial charge in [-0.15, -0.1) is 0 Å². The highest BCUT2D eigenvalue weighted by atomic mass is 79.9. The standard InChI is InChI=1S/C14H17BrO3/c1-8(13(16)17)4-9-5-11(15)6-10-7-14(2,3)18-12(9)10/h5-6,8H,4,7H2,1-3H3,(H,16,17). The number of hydrogen-bond acceptors (Lipinski definition) is 2. The molecule has 98 valence electrons. The smallest absolute Gasteiger partial charge is 0.306 e. The number of carboxylic acid groups (broad SMARTS) is 1. The molecule has 3 nitrogen and oxygen atoms in total. The molecule has 2 rings (SSSR count). The van der Waals surface area contributed by atoms with Crippen LogP contribution in [0.2, 0.25) is 0 Å². The van der Waals surface area contributed by atoms with Crippen molar-refractivity contribution in [1.29, 1.82) is 0 Å². The Morgan fingerprint density at radius 3 is 2.83 bits per heavy atom. The van der Waals surface area contributed by atoms with E-state index in [9.17, 15) is 4.79 Å². The van der Waals surface area contributed by atoms with E-state index in [4.69, 9.17) is 9.84 Å². The van der Waals surface area contributed by atoms with Gasteiger partial charge in [-0.05, 0) is 43.5 Å². The van der Waals surface area contributed by atoms with Crippen LogP contribution in [0.3, 0.4) is 0 Å². The van der Waals surface area contributed by atoms with Gasteiger partial charge in [0, 0.05) is 10.9 Å². The number of hydrogen-bond donors (Lipinski definition) is 1. The number of carbonyl (C=O) groups is 1. The third-order valence-corrected chi connectivity index (χ3v) is 3.61. The molecule has 4 heteroatoms. The summed E-state index contributed by atoms with van der Waals surface area (Å²) in [5, 5.41) is 9.01. The molecule has 0 amide bonds. The predicted octanol–water partition coefficient (Wildman–Crippen LogP) is 3.43. The van der Waals surface area contributed by atoms with Gasteiger partial charge in [0.05, 0.1) is 5.92 Å². The molecule has 1 aliphatic rings. The molecule has 1 N–H and O–H groups in total. The zero-order valence-electron chi connectivity index (χ0n) is 10.8. The SMILES string of the molecule is CC(Cc1cc(Br)cc2c1OC(C)(C)C2)C(=O)O. The van der Waals surface area contributed by atoms with E-state index in [1.54, 1.807) is 6.92 Å². The van der Waals surface area contributed by atoms with Crippen LogP contribution in [0.5, 0.6) is 5.75 Å². The molecule has 0 aliphatic carbocycles. The summed E-state index contributed by atoms with van der Waals surface area (Å²) in [4.78, 5) is 11.0. The van der Waals surface area contributed by atoms with E-state index in [-0.39, 0.29) is 5.60 Å². The molecule has 0 saturated heterocycles. The van der Waals surface area contributed by atoms with Crippen LogP contribution in [0.15, 0.2) is 16.6 Å². The summed E-state index contributed by atoms with van der Waals surface area (Å²) < 4.78 is 6.93. The molecule has 1 aliphatic heterocycles. The molecular formula is C14H17BrO3. The van der Waals surface area contributed by atoms with Crippen molar-refractivity contribution >= 4 is 21.9 Å². The number of benzene rings is 1. The van der Waals surface area contributed by atoms with Crippen molar-refractivity contribution in [3.8, 4) is 5.75 Å². The zero-order chi connectivity index (χ0) is 13.5. The molecular weight excluding hydrogens is 296 g/mol. The van der Waals surface area contributed by atoms with Gasteiger partial charge < -0.3 is 9.84 Å². The maximum absolute atomic E-state index is 11.0. The van der Waals surface area contributed by atoms with E-state index in [0.717, 1.165) is 27.8 Å². The van der Waals surface area contributed by atoms with Crippen molar-refractivity contribution in [2.75, 3.05) is 0 Å². The number of fused-ring (bicyclic) bond motifs is 1. The molecule has 1 heterocycles. The number of rotatable bonds is 3. The summed E-state index contributed by atoms with van der Waals surface area (Å²) in [6.45, 7) is 5.81. The minimum Gasteiger partial charge on any atom is -0.487 e. The third-order valence-electron chi connectivity index (χ3n) is 3.15. The van der Waals surface area contributed by atoms with Crippen LogP contribution in [0, 0.1) is 5.92 Å². The van der Waals surface area contributed by atoms with Crippen molar-refractivity contribution in [2.45, 2.75) is 39.2 Å². The molecule has 18 heavy (non-hydrogen) atoms. The average molecular weight is 313 g/mol. The zero-order valence-corrected chi connectivity index (χ0v) is 12.4. The van der Waals surface area contributed by atoms with Gasteiger partial charge in [-0.3, -0.25) is 4.79 Å². The lowest BCUT2D eigenvalue weighted by atomic mass is 9.96. The number of ether oxygens (including phenoxy) is 1. The average Bonchev–Trinajstić information content (AvgIpc) is 2.52. The van der Waals surface area contributed by atoms with E-state index >= 15 is 0 Å². The second-order valence-electron chi connectivity index (χ2n) is 5.54. The van der Waals surface area contributed by atoms with Crippen LogP contribution in [0.4, 0.5) is 0 Å². The van der Waals surface area contributed by atoms with Crippen LogP contribution in [0.1, 0.15) is 31.9 Å². The van der Waals surface area contributed by atoms with Crippen molar-refractivity contribution in [3.05, 3.63) is 27.7 Å². The fourth-order valence-electron chi connectivity index (χ4n) is 2.31. The quantitative estimate of drug-likeness (QED) is 0.930. The Bertz CT molecular complexity index is 494. The first-order valence-corrected chi connectivity index (χ1v) is 6.81. The Labute approximate surface area is 115 Å². The lowest BCUT2D eigenvalue weighted by molar-refractivity contribution is -0.141. The predicted molar refractivity (Wildman–Crippen MR) is 73.1 cm³/mol. The van der Waals surface area contributed by atoms with Crippen LogP contribution < -0.4 is 4.74 Å². The van der Waals surface area contributed by atoms with E-state index < -0.39 is 11.9 Å². The maximum Gasteiger partial charge on any atom is 0.306 e. The fraction of sp³-hybridized carbons (Fsp3) is 0.500. The molecule has 0 bridgehead atoms. The Hall–Kier alpha value is -1.03. The summed E-state index contributed by atoms with van der Waals surface area (Å²) in [7, 11) is 0. The first-order valence-electron chi connectivity index (χ1n) is 6.01. The highest BCUT2D eigenvalue weighted by molar-refractivity contribution is 9.10. The largest absolute Gasteiger partial charge is 0.487 e. The van der Waals surface area contributed by atoms with Gasteiger partial charge >= 0.3 is 5.97 Å². The fourth-order valence-corrected chi connectivity index (χ4v) is 2.87. The molecule has 0 saturated carbocycles. The summed E-state index contributed by atoms with van der Waals surface area (Å²) >= 11 is 3.48. The molecule has 1 aromatic carbocycles. The summed E-state index contributed by atoms with van der Waals surface area (Å²) in [5.41, 5.74) is 1.92. The number of aliphatic carboxylic acids is 1. The minimum absolute atomic E-state index is 0.204. The van der Waals surface area contributed by atoms with Crippen molar-refractivity contribution in [3.63, 3.8) is 0 Å². The lowest BCUT2D eigenvalue weighted by Crippen LogP contribution is -2.25. The maximum atomic E-state index is 11.0. The van der Waals surface area contributed by atoms with E-state index in [2.05, 4.69) is 22.0 Å². The van der Waals surface area contributed by atoms with Gasteiger partial charge in [0.2, 0.25) is 0 Å². The summed E-state index contributed by atoms with van der Waals surface area (Å²) in [6, 6.07) is 4.01. The Morgan fingerprint density at radius 2 is 2.22 bits per heavy atom. The Kier molecular flexibility index (Phi) is 3.41. The summed E-state index contributed by atoms with van der Waals surface area (Å²) in [5.74, 6) is -0.312. The van der Waals surface area contributed by atoms with Crippen molar-refractivity contribution in [2.24, 2.45) is 5.92 Å².